The smallest absolute Gasteiger partial charge is 0.272 e. The predicted molar refractivity (Wildman–Crippen MR) is 114 cm³/mol. The number of anilines is 2. The molecule has 0 saturated carbocycles. The van der Waals surface area contributed by atoms with Crippen LogP contribution in [0.1, 0.15) is 10.5 Å². The lowest BCUT2D eigenvalue weighted by molar-refractivity contribution is 0.0658. The molecule has 0 N–H and O–H groups in total. The van der Waals surface area contributed by atoms with Gasteiger partial charge in [-0.1, -0.05) is 17.7 Å². The fraction of sp³-hybridized carbons (Fsp3) is 0.429. The van der Waals surface area contributed by atoms with Gasteiger partial charge in [0.15, 0.2) is 0 Å². The molecule has 4 rings (SSSR count). The third kappa shape index (κ3) is 4.23. The molecule has 2 aliphatic heterocycles. The molecule has 0 bridgehead atoms. The number of amides is 1. The lowest BCUT2D eigenvalue weighted by Crippen LogP contribution is -2.47. The van der Waals surface area contributed by atoms with E-state index in [0.29, 0.717) is 5.69 Å². The van der Waals surface area contributed by atoms with Crippen molar-refractivity contribution in [3.63, 3.8) is 0 Å². The quantitative estimate of drug-likeness (QED) is 0.793. The van der Waals surface area contributed by atoms with E-state index in [-0.39, 0.29) is 5.91 Å². The first kappa shape index (κ1) is 19.0. The number of carbonyl (C=O) groups excluding carboxylic acids is 1. The van der Waals surface area contributed by atoms with Crippen LogP contribution >= 0.6 is 11.6 Å². The summed E-state index contributed by atoms with van der Waals surface area (Å²) in [4.78, 5) is 25.9. The van der Waals surface area contributed by atoms with Crippen molar-refractivity contribution >= 4 is 28.9 Å². The molecular weight excluding hydrogens is 374 g/mol. The second-order valence-corrected chi connectivity index (χ2v) is 7.89. The summed E-state index contributed by atoms with van der Waals surface area (Å²) in [6.45, 7) is 7.07. The first-order valence-electron chi connectivity index (χ1n) is 9.79. The maximum Gasteiger partial charge on any atom is 0.272 e. The molecule has 0 atom stereocenters. The number of rotatable bonds is 3. The van der Waals surface area contributed by atoms with E-state index in [4.69, 9.17) is 11.6 Å². The molecule has 7 heteroatoms. The number of benzene rings is 1. The number of pyridine rings is 1. The van der Waals surface area contributed by atoms with Crippen molar-refractivity contribution in [1.29, 1.82) is 0 Å². The van der Waals surface area contributed by atoms with Gasteiger partial charge in [0, 0.05) is 63.1 Å². The Kier molecular flexibility index (Phi) is 5.69. The van der Waals surface area contributed by atoms with E-state index < -0.39 is 0 Å². The van der Waals surface area contributed by atoms with E-state index in [2.05, 4.69) is 32.8 Å². The third-order valence-corrected chi connectivity index (χ3v) is 5.81. The Morgan fingerprint density at radius 1 is 0.893 bits per heavy atom. The molecule has 148 valence electrons. The molecule has 1 aromatic carbocycles. The van der Waals surface area contributed by atoms with Gasteiger partial charge < -0.3 is 19.6 Å². The first-order chi connectivity index (χ1) is 13.6. The molecule has 2 aliphatic rings. The molecular formula is C21H26ClN5O. The summed E-state index contributed by atoms with van der Waals surface area (Å²) in [6.07, 6.45) is 1.83. The van der Waals surface area contributed by atoms with Gasteiger partial charge in [-0.15, -0.1) is 0 Å². The summed E-state index contributed by atoms with van der Waals surface area (Å²) in [5.41, 5.74) is 2.77. The van der Waals surface area contributed by atoms with Crippen LogP contribution in [0.5, 0.6) is 0 Å². The lowest BCUT2D eigenvalue weighted by Gasteiger charge is -2.37. The minimum absolute atomic E-state index is 0.0328. The summed E-state index contributed by atoms with van der Waals surface area (Å²) >= 11 is 6.11. The van der Waals surface area contributed by atoms with E-state index >= 15 is 0 Å². The van der Waals surface area contributed by atoms with E-state index in [0.717, 1.165) is 63.1 Å². The summed E-state index contributed by atoms with van der Waals surface area (Å²) in [7, 11) is 2.08. The number of aromatic nitrogens is 1. The molecule has 0 unspecified atom stereocenters. The van der Waals surface area contributed by atoms with Gasteiger partial charge in [0.1, 0.15) is 5.69 Å². The minimum Gasteiger partial charge on any atom is -0.368 e. The average Bonchev–Trinajstić information content (AvgIpc) is 2.74. The highest BCUT2D eigenvalue weighted by Gasteiger charge is 2.22. The van der Waals surface area contributed by atoms with Gasteiger partial charge in [0.25, 0.3) is 5.91 Å². The summed E-state index contributed by atoms with van der Waals surface area (Å²) in [6, 6.07) is 11.9. The van der Waals surface area contributed by atoms with Crippen molar-refractivity contribution in [2.24, 2.45) is 0 Å². The fourth-order valence-corrected chi connectivity index (χ4v) is 3.95. The van der Waals surface area contributed by atoms with E-state index in [1.807, 2.05) is 41.4 Å². The molecule has 6 nitrogen and oxygen atoms in total. The zero-order valence-electron chi connectivity index (χ0n) is 16.2. The van der Waals surface area contributed by atoms with Gasteiger partial charge in [-0.25, -0.2) is 4.98 Å². The fourth-order valence-electron chi connectivity index (χ4n) is 3.77. The highest BCUT2D eigenvalue weighted by Crippen LogP contribution is 2.23. The highest BCUT2D eigenvalue weighted by molar-refractivity contribution is 6.30. The van der Waals surface area contributed by atoms with Gasteiger partial charge in [0.2, 0.25) is 0 Å². The van der Waals surface area contributed by atoms with Crippen LogP contribution in [0.25, 0.3) is 0 Å². The summed E-state index contributed by atoms with van der Waals surface area (Å²) in [5, 5.41) is 0.768. The highest BCUT2D eigenvalue weighted by atomic mass is 35.5. The molecule has 1 amide bonds. The van der Waals surface area contributed by atoms with E-state index in [1.165, 1.54) is 5.69 Å². The molecule has 3 heterocycles. The van der Waals surface area contributed by atoms with Crippen molar-refractivity contribution < 1.29 is 4.79 Å². The van der Waals surface area contributed by atoms with Crippen LogP contribution < -0.4 is 9.80 Å². The molecule has 0 radical (unpaired) electrons. The summed E-state index contributed by atoms with van der Waals surface area (Å²) in [5.74, 6) is 0.0328. The van der Waals surface area contributed by atoms with Crippen molar-refractivity contribution in [3.05, 3.63) is 53.3 Å². The summed E-state index contributed by atoms with van der Waals surface area (Å²) < 4.78 is 0. The normalized spacial score (nSPS) is 18.4. The van der Waals surface area contributed by atoms with Crippen LogP contribution in [0.2, 0.25) is 5.02 Å². The van der Waals surface area contributed by atoms with Gasteiger partial charge in [-0.05, 0) is 37.4 Å². The Balaban J connectivity index is 1.35. The minimum atomic E-state index is 0.0328. The number of carbonyl (C=O) groups is 1. The Labute approximate surface area is 171 Å². The van der Waals surface area contributed by atoms with E-state index in [9.17, 15) is 4.79 Å². The average molecular weight is 400 g/mol. The standard InChI is InChI=1S/C21H26ClN5O/c1-24-7-9-27(10-8-24)21(28)20-6-5-19(16-23-20)26-13-11-25(12-14-26)18-4-2-3-17(22)15-18/h2-6,15-16H,7-14H2,1H3. The maximum atomic E-state index is 12.6. The first-order valence-corrected chi connectivity index (χ1v) is 10.2. The van der Waals surface area contributed by atoms with Crippen molar-refractivity contribution in [3.8, 4) is 0 Å². The zero-order valence-corrected chi connectivity index (χ0v) is 17.0. The lowest BCUT2D eigenvalue weighted by atomic mass is 10.2. The molecule has 2 aromatic rings. The predicted octanol–water partition coefficient (Wildman–Crippen LogP) is 2.45. The van der Waals surface area contributed by atoms with Gasteiger partial charge in [0.05, 0.1) is 11.9 Å². The Morgan fingerprint density at radius 2 is 1.57 bits per heavy atom. The molecule has 28 heavy (non-hydrogen) atoms. The van der Waals surface area contributed by atoms with Crippen molar-refractivity contribution in [1.82, 2.24) is 14.8 Å². The third-order valence-electron chi connectivity index (χ3n) is 5.58. The van der Waals surface area contributed by atoms with Crippen molar-refractivity contribution in [2.75, 3.05) is 69.2 Å². The van der Waals surface area contributed by atoms with Gasteiger partial charge in [-0.2, -0.15) is 0 Å². The molecule has 2 saturated heterocycles. The van der Waals surface area contributed by atoms with Crippen LogP contribution in [0.3, 0.4) is 0 Å². The number of hydrogen-bond acceptors (Lipinski definition) is 5. The molecule has 2 fully saturated rings. The number of halogens is 1. The van der Waals surface area contributed by atoms with Crippen LogP contribution in [-0.2, 0) is 0 Å². The topological polar surface area (TPSA) is 42.9 Å². The van der Waals surface area contributed by atoms with Gasteiger partial charge >= 0.3 is 0 Å². The number of hydrogen-bond donors (Lipinski definition) is 0. The maximum absolute atomic E-state index is 12.6. The Morgan fingerprint density at radius 3 is 2.18 bits per heavy atom. The number of piperazine rings is 2. The number of likely N-dealkylation sites (N-methyl/N-ethyl adjacent to an activating group) is 1. The Hall–Kier alpha value is -2.31. The number of nitrogens with zero attached hydrogens (tertiary/aromatic N) is 5. The molecule has 0 aliphatic carbocycles. The molecule has 0 spiro atoms. The monoisotopic (exact) mass is 399 g/mol. The van der Waals surface area contributed by atoms with Crippen LogP contribution in [0.4, 0.5) is 11.4 Å². The second-order valence-electron chi connectivity index (χ2n) is 7.45. The van der Waals surface area contributed by atoms with Crippen LogP contribution in [-0.4, -0.2) is 80.1 Å². The SMILES string of the molecule is CN1CCN(C(=O)c2ccc(N3CCN(c4cccc(Cl)c4)CC3)cn2)CC1. The Bertz CT molecular complexity index is 812. The van der Waals surface area contributed by atoms with Gasteiger partial charge in [-0.3, -0.25) is 4.79 Å². The van der Waals surface area contributed by atoms with E-state index in [1.54, 1.807) is 0 Å². The van der Waals surface area contributed by atoms with Crippen LogP contribution in [0, 0.1) is 0 Å². The second kappa shape index (κ2) is 8.37. The van der Waals surface area contributed by atoms with Crippen LogP contribution in [0.15, 0.2) is 42.6 Å². The zero-order chi connectivity index (χ0) is 19.5. The van der Waals surface area contributed by atoms with Crippen molar-refractivity contribution in [2.45, 2.75) is 0 Å². The molecule has 1 aromatic heterocycles. The largest absolute Gasteiger partial charge is 0.368 e.